The Hall–Kier alpha value is -2.52. The molecule has 170 valence electrons. The van der Waals surface area contributed by atoms with Crippen LogP contribution in [0.15, 0.2) is 40.2 Å². The predicted molar refractivity (Wildman–Crippen MR) is 125 cm³/mol. The summed E-state index contributed by atoms with van der Waals surface area (Å²) in [6.07, 6.45) is 2.20. The summed E-state index contributed by atoms with van der Waals surface area (Å²) in [7, 11) is 0. The van der Waals surface area contributed by atoms with Gasteiger partial charge in [0.25, 0.3) is 12.0 Å². The third kappa shape index (κ3) is 4.78. The number of alkyl halides is 2. The molecule has 2 heterocycles. The van der Waals surface area contributed by atoms with Crippen LogP contribution in [-0.2, 0) is 0 Å². The second kappa shape index (κ2) is 9.54. The largest absolute Gasteiger partial charge is 0.324 e. The molecule has 3 aromatic rings. The summed E-state index contributed by atoms with van der Waals surface area (Å²) < 4.78 is 31.8. The Labute approximate surface area is 190 Å². The van der Waals surface area contributed by atoms with Crippen LogP contribution in [0.3, 0.4) is 0 Å². The van der Waals surface area contributed by atoms with Crippen LogP contribution >= 0.6 is 11.9 Å². The molecule has 32 heavy (non-hydrogen) atoms. The SMILES string of the molecule is Cc1cc(SNC(C)C)ccc1Nc1ncc2cc(C(F)F)c(=O)n(C3CCCC3)c2n1. The maximum atomic E-state index is 13.5. The summed E-state index contributed by atoms with van der Waals surface area (Å²) in [5.74, 6) is 0.331. The van der Waals surface area contributed by atoms with Gasteiger partial charge in [0.15, 0.2) is 0 Å². The lowest BCUT2D eigenvalue weighted by Gasteiger charge is -2.18. The van der Waals surface area contributed by atoms with E-state index in [9.17, 15) is 13.6 Å². The van der Waals surface area contributed by atoms with Crippen molar-refractivity contribution in [2.45, 2.75) is 69.9 Å². The summed E-state index contributed by atoms with van der Waals surface area (Å²) in [4.78, 5) is 22.9. The number of hydrogen-bond donors (Lipinski definition) is 2. The quantitative estimate of drug-likeness (QED) is 0.429. The molecule has 0 aliphatic heterocycles. The van der Waals surface area contributed by atoms with Crippen LogP contribution in [0.4, 0.5) is 20.4 Å². The Balaban J connectivity index is 1.70. The maximum absolute atomic E-state index is 13.5. The highest BCUT2D eigenvalue weighted by Crippen LogP contribution is 2.32. The fourth-order valence-electron chi connectivity index (χ4n) is 4.01. The average molecular weight is 460 g/mol. The van der Waals surface area contributed by atoms with Crippen LogP contribution in [0.25, 0.3) is 11.0 Å². The fourth-order valence-corrected chi connectivity index (χ4v) is 4.75. The molecule has 0 saturated heterocycles. The number of benzene rings is 1. The molecule has 6 nitrogen and oxygen atoms in total. The molecule has 4 rings (SSSR count). The molecule has 0 unspecified atom stereocenters. The summed E-state index contributed by atoms with van der Waals surface area (Å²) in [6.45, 7) is 6.16. The van der Waals surface area contributed by atoms with Crippen LogP contribution in [0.1, 0.15) is 63.1 Å². The number of aryl methyl sites for hydroxylation is 1. The molecule has 0 bridgehead atoms. The van der Waals surface area contributed by atoms with Crippen LogP contribution < -0.4 is 15.6 Å². The Morgan fingerprint density at radius 1 is 1.19 bits per heavy atom. The monoisotopic (exact) mass is 459 g/mol. The Morgan fingerprint density at radius 2 is 1.94 bits per heavy atom. The summed E-state index contributed by atoms with van der Waals surface area (Å²) >= 11 is 1.57. The number of fused-ring (bicyclic) bond motifs is 1. The number of rotatable bonds is 7. The van der Waals surface area contributed by atoms with Crippen molar-refractivity contribution in [3.8, 4) is 0 Å². The van der Waals surface area contributed by atoms with Gasteiger partial charge in [0.05, 0.1) is 5.56 Å². The number of pyridine rings is 1. The van der Waals surface area contributed by atoms with Crippen LogP contribution in [0.2, 0.25) is 0 Å². The van der Waals surface area contributed by atoms with E-state index in [2.05, 4.69) is 39.9 Å². The number of halogens is 2. The van der Waals surface area contributed by atoms with Gasteiger partial charge in [-0.25, -0.2) is 13.8 Å². The smallest absolute Gasteiger partial charge is 0.269 e. The van der Waals surface area contributed by atoms with E-state index in [0.717, 1.165) is 41.8 Å². The van der Waals surface area contributed by atoms with Crippen LogP contribution in [0, 0.1) is 6.92 Å². The molecular weight excluding hydrogens is 432 g/mol. The van der Waals surface area contributed by atoms with Crippen molar-refractivity contribution in [1.29, 1.82) is 0 Å². The number of aromatic nitrogens is 3. The van der Waals surface area contributed by atoms with Crippen molar-refractivity contribution in [3.05, 3.63) is 51.9 Å². The van der Waals surface area contributed by atoms with Gasteiger partial charge in [-0.05, 0) is 75.4 Å². The van der Waals surface area contributed by atoms with Gasteiger partial charge in [-0.3, -0.25) is 14.1 Å². The van der Waals surface area contributed by atoms with Gasteiger partial charge in [0.2, 0.25) is 5.95 Å². The first-order valence-corrected chi connectivity index (χ1v) is 11.7. The lowest BCUT2D eigenvalue weighted by atomic mass is 10.1. The van der Waals surface area contributed by atoms with Gasteiger partial charge in [-0.2, -0.15) is 4.98 Å². The van der Waals surface area contributed by atoms with E-state index in [-0.39, 0.29) is 6.04 Å². The van der Waals surface area contributed by atoms with Crippen molar-refractivity contribution in [3.63, 3.8) is 0 Å². The zero-order valence-electron chi connectivity index (χ0n) is 18.4. The van der Waals surface area contributed by atoms with E-state index in [1.165, 1.54) is 16.8 Å². The van der Waals surface area contributed by atoms with Crippen molar-refractivity contribution in [2.75, 3.05) is 5.32 Å². The number of hydrogen-bond acceptors (Lipinski definition) is 6. The van der Waals surface area contributed by atoms with E-state index < -0.39 is 17.5 Å². The zero-order valence-corrected chi connectivity index (χ0v) is 19.2. The summed E-state index contributed by atoms with van der Waals surface area (Å²) in [5.41, 5.74) is 1.12. The van der Waals surface area contributed by atoms with Gasteiger partial charge in [0, 0.05) is 34.2 Å². The fraction of sp³-hybridized carbons (Fsp3) is 0.435. The van der Waals surface area contributed by atoms with Gasteiger partial charge in [0.1, 0.15) is 5.65 Å². The first kappa shape index (κ1) is 22.7. The lowest BCUT2D eigenvalue weighted by Crippen LogP contribution is -2.28. The van der Waals surface area contributed by atoms with Gasteiger partial charge < -0.3 is 5.32 Å². The molecule has 0 amide bonds. The standard InChI is InChI=1S/C23H27F2N5OS/c1-13(2)29-32-17-8-9-19(14(3)10-17)27-23-26-12-15-11-18(20(24)25)22(31)30(21(15)28-23)16-6-4-5-7-16/h8-13,16,20,29H,4-7H2,1-3H3,(H,26,27,28). The van der Waals surface area contributed by atoms with Crippen LogP contribution in [-0.4, -0.2) is 20.6 Å². The molecule has 0 spiro atoms. The Bertz CT molecular complexity index is 1170. The van der Waals surface area contributed by atoms with E-state index >= 15 is 0 Å². The number of nitrogens with one attached hydrogen (secondary N) is 2. The first-order chi connectivity index (χ1) is 15.3. The van der Waals surface area contributed by atoms with Crippen molar-refractivity contribution < 1.29 is 8.78 Å². The second-order valence-electron chi connectivity index (χ2n) is 8.46. The molecule has 2 N–H and O–H groups in total. The molecule has 1 fully saturated rings. The number of anilines is 2. The minimum atomic E-state index is -2.83. The van der Waals surface area contributed by atoms with Gasteiger partial charge in [-0.1, -0.05) is 12.8 Å². The molecule has 2 aromatic heterocycles. The predicted octanol–water partition coefficient (Wildman–Crippen LogP) is 5.90. The van der Waals surface area contributed by atoms with Crippen molar-refractivity contribution in [2.24, 2.45) is 0 Å². The maximum Gasteiger partial charge on any atom is 0.269 e. The molecule has 1 aromatic carbocycles. The topological polar surface area (TPSA) is 71.8 Å². The highest BCUT2D eigenvalue weighted by molar-refractivity contribution is 7.97. The number of nitrogens with zero attached hydrogens (tertiary/aromatic N) is 3. The van der Waals surface area contributed by atoms with E-state index in [0.29, 0.717) is 23.0 Å². The minimum Gasteiger partial charge on any atom is -0.324 e. The van der Waals surface area contributed by atoms with Crippen molar-refractivity contribution in [1.82, 2.24) is 19.3 Å². The third-order valence-electron chi connectivity index (χ3n) is 5.58. The van der Waals surface area contributed by atoms with Gasteiger partial charge in [-0.15, -0.1) is 0 Å². The second-order valence-corrected chi connectivity index (χ2v) is 9.37. The third-order valence-corrected chi connectivity index (χ3v) is 6.66. The molecule has 0 atom stereocenters. The highest BCUT2D eigenvalue weighted by Gasteiger charge is 2.25. The Morgan fingerprint density at radius 3 is 2.59 bits per heavy atom. The minimum absolute atomic E-state index is 0.113. The van der Waals surface area contributed by atoms with Crippen molar-refractivity contribution >= 4 is 34.6 Å². The summed E-state index contributed by atoms with van der Waals surface area (Å²) in [5, 5.41) is 3.66. The Kier molecular flexibility index (Phi) is 6.76. The average Bonchev–Trinajstić information content (AvgIpc) is 3.27. The molecule has 0 radical (unpaired) electrons. The zero-order chi connectivity index (χ0) is 22.8. The molecule has 1 saturated carbocycles. The molecule has 1 aliphatic rings. The normalized spacial score (nSPS) is 14.7. The van der Waals surface area contributed by atoms with Crippen LogP contribution in [0.5, 0.6) is 0 Å². The summed E-state index contributed by atoms with van der Waals surface area (Å²) in [6, 6.07) is 7.49. The van der Waals surface area contributed by atoms with Gasteiger partial charge >= 0.3 is 0 Å². The molecular formula is C23H27F2N5OS. The lowest BCUT2D eigenvalue weighted by molar-refractivity contribution is 0.149. The first-order valence-electron chi connectivity index (χ1n) is 10.8. The van der Waals surface area contributed by atoms with E-state index in [1.54, 1.807) is 11.9 Å². The highest BCUT2D eigenvalue weighted by atomic mass is 32.2. The van der Waals surface area contributed by atoms with E-state index in [1.807, 2.05) is 19.1 Å². The molecule has 9 heteroatoms. The van der Waals surface area contributed by atoms with E-state index in [4.69, 9.17) is 0 Å². The molecule has 1 aliphatic carbocycles.